The molecule has 0 bridgehead atoms. The smallest absolute Gasteiger partial charge is 0.176 e. The highest BCUT2D eigenvalue weighted by Crippen LogP contribution is 2.46. The number of rotatable bonds is 3. The number of aromatic nitrogens is 2. The summed E-state index contributed by atoms with van der Waals surface area (Å²) in [6.07, 6.45) is 4.74. The molecule has 9 heteroatoms. The minimum absolute atomic E-state index is 0.0700. The zero-order valence-corrected chi connectivity index (χ0v) is 18.2. The summed E-state index contributed by atoms with van der Waals surface area (Å²) in [7, 11) is 0. The van der Waals surface area contributed by atoms with Crippen molar-refractivity contribution in [2.24, 2.45) is 0 Å². The van der Waals surface area contributed by atoms with Gasteiger partial charge in [-0.1, -0.05) is 0 Å². The fourth-order valence-corrected chi connectivity index (χ4v) is 6.94. The zero-order chi connectivity index (χ0) is 21.0. The molecule has 160 valence electrons. The van der Waals surface area contributed by atoms with E-state index < -0.39 is 11.6 Å². The highest BCUT2D eigenvalue weighted by molar-refractivity contribution is 7.18. The summed E-state index contributed by atoms with van der Waals surface area (Å²) in [6.45, 7) is 2.54. The van der Waals surface area contributed by atoms with Crippen LogP contribution in [0.2, 0.25) is 0 Å². The number of thiophene rings is 1. The summed E-state index contributed by atoms with van der Waals surface area (Å²) in [5.74, 6) is -0.906. The van der Waals surface area contributed by atoms with Crippen LogP contribution in [0.3, 0.4) is 0 Å². The van der Waals surface area contributed by atoms with E-state index in [0.29, 0.717) is 16.3 Å². The van der Waals surface area contributed by atoms with E-state index in [1.54, 1.807) is 23.6 Å². The van der Waals surface area contributed by atoms with Crippen LogP contribution < -0.4 is 10.6 Å². The number of anilines is 2. The van der Waals surface area contributed by atoms with E-state index in [1.165, 1.54) is 27.8 Å². The van der Waals surface area contributed by atoms with Crippen molar-refractivity contribution < 1.29 is 13.5 Å². The Morgan fingerprint density at radius 2 is 2.06 bits per heavy atom. The molecule has 1 spiro atoms. The predicted octanol–water partition coefficient (Wildman–Crippen LogP) is 5.55. The fraction of sp³-hybridized carbons (Fsp3) is 0.364. The lowest BCUT2D eigenvalue weighted by molar-refractivity contribution is 0.0397. The van der Waals surface area contributed by atoms with Crippen molar-refractivity contribution >= 4 is 54.5 Å². The summed E-state index contributed by atoms with van der Waals surface area (Å²) >= 11 is 2.89. The van der Waals surface area contributed by atoms with E-state index in [9.17, 15) is 8.78 Å². The quantitative estimate of drug-likeness (QED) is 0.421. The number of hydrogen-bond donors (Lipinski definition) is 2. The topological polar surface area (TPSA) is 59.1 Å². The minimum Gasteiger partial charge on any atom is -0.381 e. The van der Waals surface area contributed by atoms with Gasteiger partial charge in [-0.3, -0.25) is 0 Å². The molecular formula is C22H20F2N4OS2. The van der Waals surface area contributed by atoms with E-state index >= 15 is 0 Å². The van der Waals surface area contributed by atoms with Crippen molar-refractivity contribution in [2.45, 2.75) is 30.7 Å². The van der Waals surface area contributed by atoms with Crippen molar-refractivity contribution in [1.82, 2.24) is 15.3 Å². The van der Waals surface area contributed by atoms with E-state index in [1.807, 2.05) is 0 Å². The van der Waals surface area contributed by atoms with Crippen LogP contribution in [0.25, 0.3) is 20.4 Å². The number of fused-ring (bicyclic) bond motifs is 2. The molecule has 31 heavy (non-hydrogen) atoms. The van der Waals surface area contributed by atoms with Gasteiger partial charge in [0, 0.05) is 41.1 Å². The lowest BCUT2D eigenvalue weighted by atomic mass is 9.78. The SMILES string of the molecule is Fc1cc2scnc2c(F)c1Nc1ccnc2sc(C3CCNC34CCOCC4)cc12. The van der Waals surface area contributed by atoms with Gasteiger partial charge in [-0.15, -0.1) is 22.7 Å². The van der Waals surface area contributed by atoms with Gasteiger partial charge in [-0.25, -0.2) is 18.7 Å². The number of halogens is 2. The van der Waals surface area contributed by atoms with E-state index in [-0.39, 0.29) is 16.7 Å². The van der Waals surface area contributed by atoms with Gasteiger partial charge < -0.3 is 15.4 Å². The van der Waals surface area contributed by atoms with E-state index in [4.69, 9.17) is 4.74 Å². The number of nitrogens with zero attached hydrogens (tertiary/aromatic N) is 2. The molecule has 0 aliphatic carbocycles. The third-order valence-corrected chi connectivity index (χ3v) is 8.47. The molecule has 1 unspecified atom stereocenters. The molecule has 0 radical (unpaired) electrons. The predicted molar refractivity (Wildman–Crippen MR) is 121 cm³/mol. The van der Waals surface area contributed by atoms with Crippen LogP contribution >= 0.6 is 22.7 Å². The fourth-order valence-electron chi connectivity index (χ4n) is 4.96. The molecule has 2 saturated heterocycles. The molecular weight excluding hydrogens is 438 g/mol. The number of hydrogen-bond acceptors (Lipinski definition) is 7. The average molecular weight is 459 g/mol. The molecule has 0 amide bonds. The van der Waals surface area contributed by atoms with Gasteiger partial charge in [0.1, 0.15) is 16.0 Å². The van der Waals surface area contributed by atoms with Crippen molar-refractivity contribution in [3.63, 3.8) is 0 Å². The Hall–Kier alpha value is -2.20. The van der Waals surface area contributed by atoms with E-state index in [0.717, 1.165) is 49.2 Å². The van der Waals surface area contributed by atoms with Crippen LogP contribution in [-0.4, -0.2) is 35.3 Å². The number of nitrogens with one attached hydrogen (secondary N) is 2. The highest BCUT2D eigenvalue weighted by atomic mass is 32.1. The largest absolute Gasteiger partial charge is 0.381 e. The van der Waals surface area contributed by atoms with Crippen molar-refractivity contribution in [1.29, 1.82) is 0 Å². The van der Waals surface area contributed by atoms with Crippen LogP contribution in [0.1, 0.15) is 30.1 Å². The molecule has 3 aromatic heterocycles. The highest BCUT2D eigenvalue weighted by Gasteiger charge is 2.45. The van der Waals surface area contributed by atoms with Crippen molar-refractivity contribution in [3.8, 4) is 0 Å². The Bertz CT molecular complexity index is 1280. The van der Waals surface area contributed by atoms with Gasteiger partial charge in [0.25, 0.3) is 0 Å². The standard InChI is InChI=1S/C22H20F2N4OS2/c23-14-10-17-20(26-11-30-17)18(24)19(14)28-15-2-5-25-21-12(15)9-16(31-21)13-1-6-27-22(13)3-7-29-8-4-22/h2,5,9-11,13,27H,1,3-4,6-8H2,(H,25,28). The molecule has 2 aliphatic heterocycles. The summed E-state index contributed by atoms with van der Waals surface area (Å²) < 4.78 is 35.7. The van der Waals surface area contributed by atoms with Crippen LogP contribution in [0.5, 0.6) is 0 Å². The van der Waals surface area contributed by atoms with Crippen molar-refractivity contribution in [3.05, 3.63) is 46.4 Å². The van der Waals surface area contributed by atoms with Gasteiger partial charge in [0.05, 0.1) is 15.9 Å². The first kappa shape index (κ1) is 19.5. The number of thiazole rings is 1. The summed E-state index contributed by atoms with van der Waals surface area (Å²) in [5, 5.41) is 7.60. The van der Waals surface area contributed by atoms with Gasteiger partial charge in [0.15, 0.2) is 11.6 Å². The van der Waals surface area contributed by atoms with Gasteiger partial charge in [0.2, 0.25) is 0 Å². The second-order valence-electron chi connectivity index (χ2n) is 8.13. The molecule has 2 N–H and O–H groups in total. The molecule has 1 aromatic carbocycles. The Morgan fingerprint density at radius 1 is 1.19 bits per heavy atom. The summed E-state index contributed by atoms with van der Waals surface area (Å²) in [5.41, 5.74) is 2.24. The maximum atomic E-state index is 14.9. The second-order valence-corrected chi connectivity index (χ2v) is 10.1. The number of pyridine rings is 1. The van der Waals surface area contributed by atoms with Gasteiger partial charge in [-0.05, 0) is 44.0 Å². The van der Waals surface area contributed by atoms with Crippen LogP contribution in [-0.2, 0) is 4.74 Å². The molecule has 2 fully saturated rings. The maximum absolute atomic E-state index is 14.9. The first-order valence-electron chi connectivity index (χ1n) is 10.3. The molecule has 5 nitrogen and oxygen atoms in total. The first-order valence-corrected chi connectivity index (χ1v) is 12.0. The summed E-state index contributed by atoms with van der Waals surface area (Å²) in [4.78, 5) is 10.7. The average Bonchev–Trinajstić information content (AvgIpc) is 3.50. The summed E-state index contributed by atoms with van der Waals surface area (Å²) in [6, 6.07) is 5.23. The van der Waals surface area contributed by atoms with Crippen LogP contribution in [0.4, 0.5) is 20.2 Å². The Balaban J connectivity index is 1.40. The lowest BCUT2D eigenvalue weighted by Gasteiger charge is -2.38. The Labute approximate surface area is 185 Å². The number of benzene rings is 1. The maximum Gasteiger partial charge on any atom is 0.176 e. The van der Waals surface area contributed by atoms with Gasteiger partial charge >= 0.3 is 0 Å². The lowest BCUT2D eigenvalue weighted by Crippen LogP contribution is -2.48. The van der Waals surface area contributed by atoms with Crippen LogP contribution in [0.15, 0.2) is 29.9 Å². The molecule has 4 aromatic rings. The molecule has 6 rings (SSSR count). The van der Waals surface area contributed by atoms with Crippen LogP contribution in [0, 0.1) is 11.6 Å². The molecule has 1 atom stereocenters. The number of ether oxygens (including phenoxy) is 1. The third kappa shape index (κ3) is 3.14. The minimum atomic E-state index is -0.669. The molecule has 0 saturated carbocycles. The van der Waals surface area contributed by atoms with E-state index in [2.05, 4.69) is 26.7 Å². The molecule has 2 aliphatic rings. The first-order chi connectivity index (χ1) is 15.1. The van der Waals surface area contributed by atoms with Gasteiger partial charge in [-0.2, -0.15) is 0 Å². The zero-order valence-electron chi connectivity index (χ0n) is 16.6. The third-order valence-electron chi connectivity index (χ3n) is 6.54. The Morgan fingerprint density at radius 3 is 2.94 bits per heavy atom. The normalized spacial score (nSPS) is 20.8. The molecule has 5 heterocycles. The monoisotopic (exact) mass is 458 g/mol. The Kier molecular flexibility index (Phi) is 4.68. The van der Waals surface area contributed by atoms with Crippen molar-refractivity contribution in [2.75, 3.05) is 25.1 Å². The second kappa shape index (κ2) is 7.44.